The number of ether oxygens (including phenoxy) is 1. The number of aliphatic hydroxyl groups is 2. The SMILES string of the molecule is CC(=O)OC1(C)CC[C@H]2[C@@H]3CC=C4CC(O)CC[C@]4(CO)[C@@H]3CC[C@@]21C. The number of allylic oxidation sites excluding steroid dienone is 1. The van der Waals surface area contributed by atoms with E-state index in [0.717, 1.165) is 51.4 Å². The van der Waals surface area contributed by atoms with E-state index in [1.807, 2.05) is 0 Å². The minimum Gasteiger partial charge on any atom is -0.459 e. The molecule has 0 aromatic heterocycles. The molecular formula is C22H34O4. The van der Waals surface area contributed by atoms with Gasteiger partial charge < -0.3 is 14.9 Å². The van der Waals surface area contributed by atoms with E-state index in [1.165, 1.54) is 12.5 Å². The lowest BCUT2D eigenvalue weighted by Gasteiger charge is -2.59. The zero-order chi connectivity index (χ0) is 18.7. The van der Waals surface area contributed by atoms with Gasteiger partial charge in [-0.15, -0.1) is 0 Å². The number of hydrogen-bond donors (Lipinski definition) is 2. The van der Waals surface area contributed by atoms with Crippen LogP contribution in [0.1, 0.15) is 72.1 Å². The molecule has 4 heteroatoms. The van der Waals surface area contributed by atoms with Crippen molar-refractivity contribution >= 4 is 5.97 Å². The van der Waals surface area contributed by atoms with E-state index in [0.29, 0.717) is 17.8 Å². The molecule has 3 saturated carbocycles. The van der Waals surface area contributed by atoms with Crippen molar-refractivity contribution < 1.29 is 19.7 Å². The monoisotopic (exact) mass is 362 g/mol. The summed E-state index contributed by atoms with van der Waals surface area (Å²) in [6.45, 7) is 6.20. The second kappa shape index (κ2) is 6.07. The summed E-state index contributed by atoms with van der Waals surface area (Å²) in [7, 11) is 0. The molecule has 4 aliphatic rings. The predicted octanol–water partition coefficient (Wildman–Crippen LogP) is 3.60. The van der Waals surface area contributed by atoms with Crippen LogP contribution in [0.4, 0.5) is 0 Å². The molecule has 0 saturated heterocycles. The molecule has 0 bridgehead atoms. The Morgan fingerprint density at radius 3 is 2.62 bits per heavy atom. The van der Waals surface area contributed by atoms with Crippen molar-refractivity contribution in [3.8, 4) is 0 Å². The summed E-state index contributed by atoms with van der Waals surface area (Å²) in [5.74, 6) is 1.42. The molecule has 4 nitrogen and oxygen atoms in total. The van der Waals surface area contributed by atoms with Gasteiger partial charge in [-0.25, -0.2) is 0 Å². The Kier molecular flexibility index (Phi) is 4.31. The molecule has 2 unspecified atom stereocenters. The minimum atomic E-state index is -0.367. The average Bonchev–Trinajstić information content (AvgIpc) is 2.85. The highest BCUT2D eigenvalue weighted by Gasteiger charge is 2.64. The first-order chi connectivity index (χ1) is 12.3. The summed E-state index contributed by atoms with van der Waals surface area (Å²) in [6, 6.07) is 0. The van der Waals surface area contributed by atoms with Crippen LogP contribution in [-0.2, 0) is 9.53 Å². The largest absolute Gasteiger partial charge is 0.459 e. The van der Waals surface area contributed by atoms with Gasteiger partial charge in [0.1, 0.15) is 5.60 Å². The third kappa shape index (κ3) is 2.37. The Labute approximate surface area is 157 Å². The highest BCUT2D eigenvalue weighted by molar-refractivity contribution is 5.66. The van der Waals surface area contributed by atoms with Crippen molar-refractivity contribution in [2.75, 3.05) is 6.61 Å². The van der Waals surface area contributed by atoms with Gasteiger partial charge in [0.15, 0.2) is 0 Å². The topological polar surface area (TPSA) is 66.8 Å². The first-order valence-corrected chi connectivity index (χ1v) is 10.4. The van der Waals surface area contributed by atoms with Crippen molar-refractivity contribution in [3.05, 3.63) is 11.6 Å². The van der Waals surface area contributed by atoms with E-state index in [4.69, 9.17) is 4.74 Å². The molecule has 26 heavy (non-hydrogen) atoms. The van der Waals surface area contributed by atoms with Gasteiger partial charge in [0.25, 0.3) is 0 Å². The zero-order valence-corrected chi connectivity index (χ0v) is 16.5. The number of esters is 1. The van der Waals surface area contributed by atoms with Crippen molar-refractivity contribution in [1.82, 2.24) is 0 Å². The molecule has 3 fully saturated rings. The third-order valence-electron chi connectivity index (χ3n) is 8.98. The molecule has 0 radical (unpaired) electrons. The van der Waals surface area contributed by atoms with Crippen molar-refractivity contribution in [1.29, 1.82) is 0 Å². The van der Waals surface area contributed by atoms with Crippen LogP contribution >= 0.6 is 0 Å². The lowest BCUT2D eigenvalue weighted by atomic mass is 9.46. The van der Waals surface area contributed by atoms with E-state index < -0.39 is 0 Å². The van der Waals surface area contributed by atoms with Gasteiger partial charge in [0, 0.05) is 17.8 Å². The summed E-state index contributed by atoms with van der Waals surface area (Å²) in [5, 5.41) is 20.6. The molecule has 2 N–H and O–H groups in total. The van der Waals surface area contributed by atoms with Gasteiger partial charge in [0.05, 0.1) is 12.7 Å². The van der Waals surface area contributed by atoms with Crippen molar-refractivity contribution in [3.63, 3.8) is 0 Å². The fraction of sp³-hybridized carbons (Fsp3) is 0.864. The molecule has 0 heterocycles. The summed E-state index contributed by atoms with van der Waals surface area (Å²) in [4.78, 5) is 11.7. The molecule has 0 amide bonds. The fourth-order valence-corrected chi connectivity index (χ4v) is 7.44. The minimum absolute atomic E-state index is 0.0238. The highest BCUT2D eigenvalue weighted by Crippen LogP contribution is 2.67. The maximum atomic E-state index is 11.7. The quantitative estimate of drug-likeness (QED) is 0.582. The van der Waals surface area contributed by atoms with Crippen LogP contribution in [0.2, 0.25) is 0 Å². The van der Waals surface area contributed by atoms with Gasteiger partial charge in [-0.05, 0) is 76.0 Å². The Hall–Kier alpha value is -0.870. The summed E-state index contributed by atoms with van der Waals surface area (Å²) >= 11 is 0. The van der Waals surface area contributed by atoms with Crippen LogP contribution in [0.25, 0.3) is 0 Å². The number of fused-ring (bicyclic) bond motifs is 5. The second-order valence-corrected chi connectivity index (χ2v) is 9.87. The highest BCUT2D eigenvalue weighted by atomic mass is 16.6. The second-order valence-electron chi connectivity index (χ2n) is 9.87. The Morgan fingerprint density at radius 1 is 1.19 bits per heavy atom. The number of carbonyl (C=O) groups excluding carboxylic acids is 1. The van der Waals surface area contributed by atoms with Crippen LogP contribution in [0.15, 0.2) is 11.6 Å². The molecule has 0 aliphatic heterocycles. The summed E-state index contributed by atoms with van der Waals surface area (Å²) < 4.78 is 5.89. The van der Waals surface area contributed by atoms with Crippen molar-refractivity contribution in [2.24, 2.45) is 28.6 Å². The van der Waals surface area contributed by atoms with Crippen molar-refractivity contribution in [2.45, 2.75) is 83.8 Å². The van der Waals surface area contributed by atoms with Crippen LogP contribution in [0.5, 0.6) is 0 Å². The lowest BCUT2D eigenvalue weighted by Crippen LogP contribution is -2.56. The summed E-state index contributed by atoms with van der Waals surface area (Å²) in [6.07, 6.45) is 9.77. The molecule has 4 aliphatic carbocycles. The first-order valence-electron chi connectivity index (χ1n) is 10.4. The Morgan fingerprint density at radius 2 is 1.92 bits per heavy atom. The first kappa shape index (κ1) is 18.5. The molecule has 0 spiro atoms. The van der Waals surface area contributed by atoms with Gasteiger partial charge >= 0.3 is 5.97 Å². The normalized spacial score (nSPS) is 50.3. The van der Waals surface area contributed by atoms with E-state index in [2.05, 4.69) is 19.9 Å². The Balaban J connectivity index is 1.67. The molecular weight excluding hydrogens is 328 g/mol. The smallest absolute Gasteiger partial charge is 0.303 e. The van der Waals surface area contributed by atoms with Gasteiger partial charge in [-0.1, -0.05) is 18.6 Å². The standard InChI is InChI=1S/C22H34O4/c1-14(24)26-21(3)10-8-18-17-5-4-15-12-16(25)6-11-22(15,13-23)19(17)7-9-20(18,21)2/h4,16-19,23,25H,5-13H2,1-3H3/t16?,17-,18-,19+,20-,21?,22+/m0/s1. The average molecular weight is 363 g/mol. The maximum absolute atomic E-state index is 11.7. The van der Waals surface area contributed by atoms with Crippen LogP contribution in [0.3, 0.4) is 0 Å². The van der Waals surface area contributed by atoms with Crippen LogP contribution < -0.4 is 0 Å². The molecule has 146 valence electrons. The number of hydrogen-bond acceptors (Lipinski definition) is 4. The van der Waals surface area contributed by atoms with Crippen LogP contribution in [0, 0.1) is 28.6 Å². The lowest BCUT2D eigenvalue weighted by molar-refractivity contribution is -0.178. The zero-order valence-electron chi connectivity index (χ0n) is 16.5. The Bertz CT molecular complexity index is 628. The number of aliphatic hydroxyl groups excluding tert-OH is 2. The third-order valence-corrected chi connectivity index (χ3v) is 8.98. The van der Waals surface area contributed by atoms with Gasteiger partial charge in [-0.2, -0.15) is 0 Å². The van der Waals surface area contributed by atoms with E-state index in [1.54, 1.807) is 0 Å². The van der Waals surface area contributed by atoms with E-state index in [9.17, 15) is 15.0 Å². The molecule has 7 atom stereocenters. The fourth-order valence-electron chi connectivity index (χ4n) is 7.44. The molecule has 0 aromatic carbocycles. The van der Waals surface area contributed by atoms with Gasteiger partial charge in [0.2, 0.25) is 0 Å². The summed E-state index contributed by atoms with van der Waals surface area (Å²) in [5.41, 5.74) is 0.845. The maximum Gasteiger partial charge on any atom is 0.303 e. The number of carbonyl (C=O) groups is 1. The van der Waals surface area contributed by atoms with Gasteiger partial charge in [-0.3, -0.25) is 4.79 Å². The van der Waals surface area contributed by atoms with E-state index >= 15 is 0 Å². The molecule has 0 aromatic rings. The molecule has 4 rings (SSSR count). The van der Waals surface area contributed by atoms with Crippen LogP contribution in [-0.4, -0.2) is 34.5 Å². The number of rotatable bonds is 2. The predicted molar refractivity (Wildman–Crippen MR) is 99.3 cm³/mol. The van der Waals surface area contributed by atoms with E-state index in [-0.39, 0.29) is 35.1 Å².